The molecule has 0 aromatic heterocycles. The second-order valence-electron chi connectivity index (χ2n) is 7.19. The molecule has 0 aliphatic rings. The van der Waals surface area contributed by atoms with Gasteiger partial charge in [-0.2, -0.15) is 0 Å². The number of nitrogens with one attached hydrogen (secondary N) is 2. The molecule has 3 rings (SSSR count). The average Bonchev–Trinajstić information content (AvgIpc) is 2.73. The van der Waals surface area contributed by atoms with Crippen molar-refractivity contribution in [3.05, 3.63) is 88.2 Å². The van der Waals surface area contributed by atoms with E-state index in [0.29, 0.717) is 22.0 Å². The van der Waals surface area contributed by atoms with Crippen molar-refractivity contribution in [2.24, 2.45) is 0 Å². The van der Waals surface area contributed by atoms with E-state index in [0.717, 1.165) is 11.1 Å². The van der Waals surface area contributed by atoms with Crippen molar-refractivity contribution in [2.45, 2.75) is 24.5 Å². The number of carbonyl (C=O) groups is 1. The second-order valence-corrected chi connectivity index (χ2v) is 10.3. The van der Waals surface area contributed by atoms with Gasteiger partial charge in [-0.1, -0.05) is 29.8 Å². The van der Waals surface area contributed by atoms with E-state index in [4.69, 9.17) is 11.6 Å². The van der Waals surface area contributed by atoms with Crippen LogP contribution < -0.4 is 10.0 Å². The molecule has 0 aliphatic heterocycles. The molecule has 0 bridgehead atoms. The Morgan fingerprint density at radius 3 is 2.47 bits per heavy atom. The Morgan fingerprint density at radius 1 is 1.06 bits per heavy atom. The van der Waals surface area contributed by atoms with Crippen molar-refractivity contribution in [3.8, 4) is 0 Å². The zero-order chi connectivity index (χ0) is 23.3. The number of sulfonamides is 1. The molecule has 0 saturated heterocycles. The van der Waals surface area contributed by atoms with Crippen molar-refractivity contribution in [1.29, 1.82) is 0 Å². The van der Waals surface area contributed by atoms with Gasteiger partial charge in [0.1, 0.15) is 5.82 Å². The third-order valence-electron chi connectivity index (χ3n) is 4.63. The normalized spacial score (nSPS) is 11.2. The van der Waals surface area contributed by atoms with Crippen LogP contribution in [0.2, 0.25) is 5.02 Å². The lowest BCUT2D eigenvalue weighted by Gasteiger charge is -2.12. The van der Waals surface area contributed by atoms with Crippen molar-refractivity contribution in [1.82, 2.24) is 0 Å². The summed E-state index contributed by atoms with van der Waals surface area (Å²) in [5, 5.41) is 3.02. The lowest BCUT2D eigenvalue weighted by Crippen LogP contribution is -2.15. The van der Waals surface area contributed by atoms with Gasteiger partial charge >= 0.3 is 0 Å². The summed E-state index contributed by atoms with van der Waals surface area (Å²) in [5.74, 6) is -0.331. The van der Waals surface area contributed by atoms with Gasteiger partial charge in [0.15, 0.2) is 0 Å². The quantitative estimate of drug-likeness (QED) is 0.418. The number of hydrogen-bond donors (Lipinski definition) is 2. The molecule has 3 aromatic carbocycles. The molecule has 5 nitrogen and oxygen atoms in total. The Morgan fingerprint density at radius 2 is 1.78 bits per heavy atom. The third kappa shape index (κ3) is 6.25. The number of anilines is 2. The van der Waals surface area contributed by atoms with E-state index in [-0.39, 0.29) is 22.3 Å². The molecular weight excluding hydrogens is 471 g/mol. The summed E-state index contributed by atoms with van der Waals surface area (Å²) in [6.07, 6.45) is 0. The fourth-order valence-electron chi connectivity index (χ4n) is 2.88. The minimum atomic E-state index is -3.77. The molecule has 3 aromatic rings. The Hall–Kier alpha value is -2.55. The van der Waals surface area contributed by atoms with Crippen molar-refractivity contribution < 1.29 is 17.6 Å². The summed E-state index contributed by atoms with van der Waals surface area (Å²) in [4.78, 5) is 12.3. The Kier molecular flexibility index (Phi) is 7.82. The molecule has 0 atom stereocenters. The van der Waals surface area contributed by atoms with Gasteiger partial charge in [-0.25, -0.2) is 12.8 Å². The van der Waals surface area contributed by atoms with Crippen LogP contribution in [-0.4, -0.2) is 20.1 Å². The van der Waals surface area contributed by atoms with E-state index in [9.17, 15) is 17.6 Å². The van der Waals surface area contributed by atoms with Crippen LogP contribution in [0.3, 0.4) is 0 Å². The van der Waals surface area contributed by atoms with Gasteiger partial charge in [-0.05, 0) is 67.4 Å². The summed E-state index contributed by atoms with van der Waals surface area (Å²) in [7, 11) is -3.77. The monoisotopic (exact) mass is 492 g/mol. The fourth-order valence-corrected chi connectivity index (χ4v) is 5.17. The van der Waals surface area contributed by atoms with Gasteiger partial charge < -0.3 is 5.32 Å². The van der Waals surface area contributed by atoms with Crippen LogP contribution in [0.25, 0.3) is 0 Å². The van der Waals surface area contributed by atoms with Crippen LogP contribution >= 0.6 is 23.4 Å². The summed E-state index contributed by atoms with van der Waals surface area (Å²) in [6, 6.07) is 15.9. The van der Waals surface area contributed by atoms with Crippen LogP contribution in [-0.2, 0) is 20.6 Å². The molecule has 168 valence electrons. The topological polar surface area (TPSA) is 75.3 Å². The van der Waals surface area contributed by atoms with Crippen LogP contribution in [0.1, 0.15) is 16.7 Å². The van der Waals surface area contributed by atoms with E-state index in [1.807, 2.05) is 26.0 Å². The molecule has 0 radical (unpaired) electrons. The Bertz CT molecular complexity index is 1210. The predicted molar refractivity (Wildman–Crippen MR) is 129 cm³/mol. The number of amides is 1. The molecule has 2 N–H and O–H groups in total. The molecule has 0 saturated carbocycles. The van der Waals surface area contributed by atoms with E-state index in [2.05, 4.69) is 10.0 Å². The zero-order valence-electron chi connectivity index (χ0n) is 17.5. The Labute approximate surface area is 196 Å². The smallest absolute Gasteiger partial charge is 0.261 e. The largest absolute Gasteiger partial charge is 0.325 e. The molecule has 0 spiro atoms. The van der Waals surface area contributed by atoms with Gasteiger partial charge in [-0.3, -0.25) is 9.52 Å². The van der Waals surface area contributed by atoms with Gasteiger partial charge in [-0.15, -0.1) is 11.8 Å². The summed E-state index contributed by atoms with van der Waals surface area (Å²) >= 11 is 7.22. The molecular formula is C23H22ClFN2O3S2. The zero-order valence-corrected chi connectivity index (χ0v) is 19.9. The maximum Gasteiger partial charge on any atom is 0.261 e. The lowest BCUT2D eigenvalue weighted by molar-refractivity contribution is -0.113. The molecule has 0 heterocycles. The highest BCUT2D eigenvalue weighted by molar-refractivity contribution is 7.99. The van der Waals surface area contributed by atoms with E-state index in [1.54, 1.807) is 12.1 Å². The van der Waals surface area contributed by atoms with Crippen molar-refractivity contribution in [2.75, 3.05) is 15.8 Å². The maximum atomic E-state index is 13.8. The number of carbonyl (C=O) groups excluding carboxylic acids is 1. The van der Waals surface area contributed by atoms with E-state index in [1.165, 1.54) is 48.2 Å². The molecule has 0 aliphatic carbocycles. The first-order chi connectivity index (χ1) is 15.2. The van der Waals surface area contributed by atoms with Crippen LogP contribution in [0.15, 0.2) is 65.6 Å². The summed E-state index contributed by atoms with van der Waals surface area (Å²) < 4.78 is 41.8. The molecule has 9 heteroatoms. The molecule has 32 heavy (non-hydrogen) atoms. The average molecular weight is 493 g/mol. The third-order valence-corrected chi connectivity index (χ3v) is 7.32. The fraction of sp³-hybridized carbons (Fsp3) is 0.174. The number of aryl methyl sites for hydroxylation is 2. The number of halogens is 2. The maximum absolute atomic E-state index is 13.8. The lowest BCUT2D eigenvalue weighted by atomic mass is 10.1. The first-order valence-electron chi connectivity index (χ1n) is 9.66. The highest BCUT2D eigenvalue weighted by Crippen LogP contribution is 2.25. The van der Waals surface area contributed by atoms with Gasteiger partial charge in [0.05, 0.1) is 16.3 Å². The molecule has 1 amide bonds. The standard InChI is InChI=1S/C23H22ClFN2O3S2/c1-15-6-7-16(2)22(12-15)27-32(29,30)18-10-8-17(9-11-18)26-23(28)14-31-13-19-20(24)4-3-5-21(19)25/h3-12,27H,13-14H2,1-2H3,(H,26,28). The van der Waals surface area contributed by atoms with Crippen LogP contribution in [0.5, 0.6) is 0 Å². The SMILES string of the molecule is Cc1ccc(C)c(NS(=O)(=O)c2ccc(NC(=O)CSCc3c(F)cccc3Cl)cc2)c1. The number of hydrogen-bond acceptors (Lipinski definition) is 4. The Balaban J connectivity index is 1.58. The second kappa shape index (κ2) is 10.4. The number of rotatable bonds is 8. The minimum Gasteiger partial charge on any atom is -0.325 e. The summed E-state index contributed by atoms with van der Waals surface area (Å²) in [6.45, 7) is 3.71. The first kappa shape index (κ1) is 24.1. The highest BCUT2D eigenvalue weighted by Gasteiger charge is 2.16. The van der Waals surface area contributed by atoms with E-state index < -0.39 is 15.8 Å². The predicted octanol–water partition coefficient (Wildman–Crippen LogP) is 5.77. The van der Waals surface area contributed by atoms with Crippen molar-refractivity contribution in [3.63, 3.8) is 0 Å². The molecule has 0 unspecified atom stereocenters. The highest BCUT2D eigenvalue weighted by atomic mass is 35.5. The summed E-state index contributed by atoms with van der Waals surface area (Å²) in [5.41, 5.74) is 3.11. The minimum absolute atomic E-state index is 0.0833. The van der Waals surface area contributed by atoms with Gasteiger partial charge in [0.2, 0.25) is 5.91 Å². The van der Waals surface area contributed by atoms with Crippen LogP contribution in [0.4, 0.5) is 15.8 Å². The van der Waals surface area contributed by atoms with E-state index >= 15 is 0 Å². The molecule has 0 fully saturated rings. The number of benzene rings is 3. The van der Waals surface area contributed by atoms with Crippen molar-refractivity contribution >= 4 is 50.7 Å². The number of thioether (sulfide) groups is 1. The van der Waals surface area contributed by atoms with Gasteiger partial charge in [0.25, 0.3) is 10.0 Å². The van der Waals surface area contributed by atoms with Crippen LogP contribution in [0, 0.1) is 19.7 Å². The first-order valence-corrected chi connectivity index (χ1v) is 12.7. The van der Waals surface area contributed by atoms with Gasteiger partial charge in [0, 0.05) is 22.0 Å².